The normalized spacial score (nSPS) is 11.1. The molecule has 0 saturated carbocycles. The molecule has 0 atom stereocenters. The number of nitrogens with zero attached hydrogens (tertiary/aromatic N) is 4. The fraction of sp³-hybridized carbons (Fsp3) is 0.538. The summed E-state index contributed by atoms with van der Waals surface area (Å²) in [6, 6.07) is 0. The molecule has 0 fully saturated rings. The van der Waals surface area contributed by atoms with E-state index in [1.54, 1.807) is 0 Å². The van der Waals surface area contributed by atoms with Crippen molar-refractivity contribution >= 4 is 35.1 Å². The van der Waals surface area contributed by atoms with Crippen LogP contribution in [-0.2, 0) is 14.3 Å². The van der Waals surface area contributed by atoms with Crippen LogP contribution in [0.25, 0.3) is 11.2 Å². The van der Waals surface area contributed by atoms with Gasteiger partial charge in [0.25, 0.3) is 0 Å². The second-order valence-corrected chi connectivity index (χ2v) is 5.13. The standard InChI is InChI=1S/C13H18ClN5O4/c1-9(2)22-8-21-4-3-5-23-19-6-15-10-11(14)17-13(16-7-20)18-12(10)19/h6-7,9H,3-5,8H2,1-2H3,(H,16,17,18,20). The molecule has 10 heteroatoms. The fourth-order valence-corrected chi connectivity index (χ4v) is 1.84. The Morgan fingerprint density at radius 3 is 2.96 bits per heavy atom. The number of ether oxygens (including phenoxy) is 2. The first-order valence-electron chi connectivity index (χ1n) is 7.05. The predicted molar refractivity (Wildman–Crippen MR) is 83.1 cm³/mol. The van der Waals surface area contributed by atoms with E-state index in [1.165, 1.54) is 11.1 Å². The van der Waals surface area contributed by atoms with Crippen LogP contribution >= 0.6 is 11.6 Å². The molecular formula is C13H18ClN5O4. The lowest BCUT2D eigenvalue weighted by Crippen LogP contribution is -2.15. The molecular weight excluding hydrogens is 326 g/mol. The minimum atomic E-state index is 0.0806. The molecule has 0 aromatic carbocycles. The fourth-order valence-electron chi connectivity index (χ4n) is 1.62. The highest BCUT2D eigenvalue weighted by atomic mass is 35.5. The Labute approximate surface area is 137 Å². The topological polar surface area (TPSA) is 100 Å². The number of imidazole rings is 1. The smallest absolute Gasteiger partial charge is 0.232 e. The highest BCUT2D eigenvalue weighted by molar-refractivity contribution is 6.33. The van der Waals surface area contributed by atoms with Crippen LogP contribution in [0, 0.1) is 0 Å². The van der Waals surface area contributed by atoms with Crippen molar-refractivity contribution < 1.29 is 19.1 Å². The lowest BCUT2D eigenvalue weighted by atomic mass is 10.5. The molecule has 23 heavy (non-hydrogen) atoms. The van der Waals surface area contributed by atoms with Crippen molar-refractivity contribution in [3.8, 4) is 0 Å². The van der Waals surface area contributed by atoms with E-state index in [0.717, 1.165) is 0 Å². The van der Waals surface area contributed by atoms with Gasteiger partial charge in [-0.25, -0.2) is 4.98 Å². The van der Waals surface area contributed by atoms with Gasteiger partial charge in [-0.3, -0.25) is 10.1 Å². The number of halogens is 1. The number of hydrogen-bond acceptors (Lipinski definition) is 7. The molecule has 0 bridgehead atoms. The summed E-state index contributed by atoms with van der Waals surface area (Å²) < 4.78 is 11.9. The van der Waals surface area contributed by atoms with Crippen molar-refractivity contribution in [1.82, 2.24) is 19.7 Å². The monoisotopic (exact) mass is 343 g/mol. The minimum absolute atomic E-state index is 0.0806. The number of carbonyl (C=O) groups is 1. The second-order valence-electron chi connectivity index (χ2n) is 4.77. The molecule has 0 aliphatic carbocycles. The molecule has 2 aromatic rings. The Bertz CT molecular complexity index is 649. The highest BCUT2D eigenvalue weighted by Gasteiger charge is 2.12. The summed E-state index contributed by atoms with van der Waals surface area (Å²) in [4.78, 5) is 28.1. The van der Waals surface area contributed by atoms with E-state index >= 15 is 0 Å². The number of anilines is 1. The van der Waals surface area contributed by atoms with E-state index in [2.05, 4.69) is 20.3 Å². The van der Waals surface area contributed by atoms with Crippen LogP contribution in [0.3, 0.4) is 0 Å². The molecule has 0 aliphatic rings. The minimum Gasteiger partial charge on any atom is -0.411 e. The molecule has 9 nitrogen and oxygen atoms in total. The van der Waals surface area contributed by atoms with Crippen molar-refractivity contribution in [3.63, 3.8) is 0 Å². The molecule has 1 amide bonds. The Morgan fingerprint density at radius 1 is 1.39 bits per heavy atom. The van der Waals surface area contributed by atoms with Gasteiger partial charge < -0.3 is 14.3 Å². The summed E-state index contributed by atoms with van der Waals surface area (Å²) in [5.74, 6) is 0.0806. The van der Waals surface area contributed by atoms with E-state index in [1.807, 2.05) is 13.8 Å². The molecule has 0 aliphatic heterocycles. The summed E-state index contributed by atoms with van der Waals surface area (Å²) >= 11 is 5.98. The number of hydrogen-bond donors (Lipinski definition) is 1. The Balaban J connectivity index is 1.87. The van der Waals surface area contributed by atoms with Gasteiger partial charge in [-0.1, -0.05) is 11.6 Å². The van der Waals surface area contributed by atoms with E-state index in [0.29, 0.717) is 37.2 Å². The van der Waals surface area contributed by atoms with Gasteiger partial charge in [0.2, 0.25) is 18.0 Å². The molecule has 126 valence electrons. The van der Waals surface area contributed by atoms with E-state index in [9.17, 15) is 4.79 Å². The van der Waals surface area contributed by atoms with Gasteiger partial charge in [0.15, 0.2) is 5.15 Å². The average molecular weight is 344 g/mol. The highest BCUT2D eigenvalue weighted by Crippen LogP contribution is 2.19. The maximum atomic E-state index is 10.5. The van der Waals surface area contributed by atoms with E-state index in [-0.39, 0.29) is 24.0 Å². The van der Waals surface area contributed by atoms with Crippen molar-refractivity contribution in [3.05, 3.63) is 11.5 Å². The summed E-state index contributed by atoms with van der Waals surface area (Å²) in [6.07, 6.45) is 2.72. The molecule has 2 aromatic heterocycles. The zero-order valence-electron chi connectivity index (χ0n) is 12.9. The lowest BCUT2D eigenvalue weighted by molar-refractivity contribution is -0.105. The molecule has 1 N–H and O–H groups in total. The first kappa shape index (κ1) is 17.4. The number of nitrogens with one attached hydrogen (secondary N) is 1. The zero-order chi connectivity index (χ0) is 16.7. The van der Waals surface area contributed by atoms with Gasteiger partial charge in [0, 0.05) is 6.42 Å². The Kier molecular flexibility index (Phi) is 6.51. The molecule has 0 saturated heterocycles. The molecule has 0 unspecified atom stereocenters. The largest absolute Gasteiger partial charge is 0.411 e. The van der Waals surface area contributed by atoms with Crippen LogP contribution in [-0.4, -0.2) is 52.2 Å². The third-order valence-corrected chi connectivity index (χ3v) is 2.92. The summed E-state index contributed by atoms with van der Waals surface area (Å²) in [7, 11) is 0. The summed E-state index contributed by atoms with van der Waals surface area (Å²) in [5.41, 5.74) is 0.767. The quantitative estimate of drug-likeness (QED) is 0.300. The molecule has 2 heterocycles. The second kappa shape index (κ2) is 8.61. The van der Waals surface area contributed by atoms with Crippen LogP contribution in [0.4, 0.5) is 5.95 Å². The van der Waals surface area contributed by atoms with E-state index in [4.69, 9.17) is 25.9 Å². The van der Waals surface area contributed by atoms with Crippen LogP contribution < -0.4 is 10.2 Å². The summed E-state index contributed by atoms with van der Waals surface area (Å²) in [5, 5.41) is 2.47. The SMILES string of the molecule is CC(C)OCOCCCOn1cnc2c(Cl)nc(NC=O)nc21. The van der Waals surface area contributed by atoms with Crippen molar-refractivity contribution in [2.75, 3.05) is 25.3 Å². The van der Waals surface area contributed by atoms with Crippen LogP contribution in [0.1, 0.15) is 20.3 Å². The van der Waals surface area contributed by atoms with Crippen LogP contribution in [0.2, 0.25) is 5.15 Å². The number of rotatable bonds is 10. The molecule has 2 rings (SSSR count). The maximum Gasteiger partial charge on any atom is 0.232 e. The van der Waals surface area contributed by atoms with Gasteiger partial charge >= 0.3 is 0 Å². The third-order valence-electron chi connectivity index (χ3n) is 2.66. The van der Waals surface area contributed by atoms with Crippen molar-refractivity contribution in [2.24, 2.45) is 0 Å². The number of amides is 1. The maximum absolute atomic E-state index is 10.5. The average Bonchev–Trinajstić information content (AvgIpc) is 2.90. The zero-order valence-corrected chi connectivity index (χ0v) is 13.6. The number of fused-ring (bicyclic) bond motifs is 1. The van der Waals surface area contributed by atoms with Gasteiger partial charge in [-0.05, 0) is 13.8 Å². The van der Waals surface area contributed by atoms with Crippen molar-refractivity contribution in [2.45, 2.75) is 26.4 Å². The van der Waals surface area contributed by atoms with Crippen LogP contribution in [0.5, 0.6) is 0 Å². The van der Waals surface area contributed by atoms with E-state index < -0.39 is 0 Å². The number of carbonyl (C=O) groups excluding carboxylic acids is 1. The Hall–Kier alpha value is -1.97. The third kappa shape index (κ3) is 5.02. The van der Waals surface area contributed by atoms with Gasteiger partial charge in [0.05, 0.1) is 12.7 Å². The predicted octanol–water partition coefficient (Wildman–Crippen LogP) is 1.27. The Morgan fingerprint density at radius 2 is 2.22 bits per heavy atom. The van der Waals surface area contributed by atoms with Gasteiger partial charge in [0.1, 0.15) is 25.2 Å². The molecule has 0 radical (unpaired) electrons. The van der Waals surface area contributed by atoms with Gasteiger partial charge in [-0.2, -0.15) is 14.7 Å². The lowest BCUT2D eigenvalue weighted by Gasteiger charge is -2.09. The van der Waals surface area contributed by atoms with Crippen molar-refractivity contribution in [1.29, 1.82) is 0 Å². The first-order chi connectivity index (χ1) is 11.1. The summed E-state index contributed by atoms with van der Waals surface area (Å²) in [6.45, 7) is 5.04. The molecule has 0 spiro atoms. The number of aromatic nitrogens is 4. The van der Waals surface area contributed by atoms with Crippen LogP contribution in [0.15, 0.2) is 6.33 Å². The van der Waals surface area contributed by atoms with Gasteiger partial charge in [-0.15, -0.1) is 0 Å². The first-order valence-corrected chi connectivity index (χ1v) is 7.43.